The van der Waals surface area contributed by atoms with Gasteiger partial charge in [0.15, 0.2) is 0 Å². The summed E-state index contributed by atoms with van der Waals surface area (Å²) >= 11 is 0. The molecule has 0 aliphatic rings. The molecule has 1 rings (SSSR count). The third-order valence-corrected chi connectivity index (χ3v) is 3.41. The molecule has 0 spiro atoms. The van der Waals surface area contributed by atoms with E-state index in [0.29, 0.717) is 6.04 Å². The monoisotopic (exact) mass is 249 g/mol. The van der Waals surface area contributed by atoms with Gasteiger partial charge in [-0.25, -0.2) is 0 Å². The molecule has 2 heteroatoms. The van der Waals surface area contributed by atoms with Gasteiger partial charge in [-0.2, -0.15) is 0 Å². The minimum atomic E-state index is 0.239. The number of benzene rings is 1. The van der Waals surface area contributed by atoms with E-state index in [2.05, 4.69) is 50.4 Å². The van der Waals surface area contributed by atoms with E-state index in [9.17, 15) is 0 Å². The smallest absolute Gasteiger partial charge is 0.0763 e. The number of rotatable bonds is 8. The lowest BCUT2D eigenvalue weighted by molar-refractivity contribution is 0.0650. The van der Waals surface area contributed by atoms with Gasteiger partial charge in [0.1, 0.15) is 0 Å². The Morgan fingerprint density at radius 1 is 1.22 bits per heavy atom. The fraction of sp³-hybridized carbons (Fsp3) is 0.625. The van der Waals surface area contributed by atoms with E-state index >= 15 is 0 Å². The molecule has 0 radical (unpaired) electrons. The van der Waals surface area contributed by atoms with Crippen molar-refractivity contribution in [3.8, 4) is 0 Å². The molecule has 2 atom stereocenters. The van der Waals surface area contributed by atoms with Gasteiger partial charge in [0.2, 0.25) is 0 Å². The lowest BCUT2D eigenvalue weighted by atomic mass is 9.97. The van der Waals surface area contributed by atoms with Crippen molar-refractivity contribution in [2.45, 2.75) is 52.2 Å². The van der Waals surface area contributed by atoms with E-state index < -0.39 is 0 Å². The van der Waals surface area contributed by atoms with E-state index in [1.165, 1.54) is 11.1 Å². The molecule has 0 amide bonds. The zero-order chi connectivity index (χ0) is 13.4. The molecular weight excluding hydrogens is 222 g/mol. The van der Waals surface area contributed by atoms with Gasteiger partial charge < -0.3 is 10.1 Å². The van der Waals surface area contributed by atoms with Gasteiger partial charge in [0.25, 0.3) is 0 Å². The molecule has 1 aromatic rings. The summed E-state index contributed by atoms with van der Waals surface area (Å²) in [6.45, 7) is 7.60. The molecule has 1 aromatic carbocycles. The molecule has 0 fully saturated rings. The number of aryl methyl sites for hydroxylation is 1. The minimum absolute atomic E-state index is 0.239. The van der Waals surface area contributed by atoms with Crippen LogP contribution in [0.4, 0.5) is 0 Å². The second-order valence-electron chi connectivity index (χ2n) is 4.71. The second-order valence-corrected chi connectivity index (χ2v) is 4.71. The largest absolute Gasteiger partial charge is 0.379 e. The summed E-state index contributed by atoms with van der Waals surface area (Å²) in [7, 11) is 1.80. The second kappa shape index (κ2) is 8.28. The van der Waals surface area contributed by atoms with Crippen LogP contribution in [0, 0.1) is 0 Å². The van der Waals surface area contributed by atoms with Crippen LogP contribution in [0.5, 0.6) is 0 Å². The average Bonchev–Trinajstić information content (AvgIpc) is 2.43. The molecule has 0 heterocycles. The number of hydrogen-bond donors (Lipinski definition) is 1. The molecule has 0 bridgehead atoms. The number of methoxy groups -OCH3 is 1. The predicted molar refractivity (Wildman–Crippen MR) is 77.9 cm³/mol. The lowest BCUT2D eigenvalue weighted by Gasteiger charge is -2.27. The first kappa shape index (κ1) is 15.2. The molecule has 18 heavy (non-hydrogen) atoms. The standard InChI is InChI=1S/C16H27NO/c1-5-11-17-16(15(7-3)18-4)14-10-8-9-13(6-2)12-14/h8-10,12,15-17H,5-7,11H2,1-4H3. The first-order valence-electron chi connectivity index (χ1n) is 7.11. The molecule has 0 aliphatic carbocycles. The van der Waals surface area contributed by atoms with Crippen molar-refractivity contribution in [3.63, 3.8) is 0 Å². The Kier molecular flexibility index (Phi) is 6.99. The van der Waals surface area contributed by atoms with Crippen molar-refractivity contribution < 1.29 is 4.74 Å². The first-order valence-corrected chi connectivity index (χ1v) is 7.11. The van der Waals surface area contributed by atoms with Gasteiger partial charge in [-0.3, -0.25) is 0 Å². The number of ether oxygens (including phenoxy) is 1. The fourth-order valence-electron chi connectivity index (χ4n) is 2.31. The Bertz CT molecular complexity index is 334. The minimum Gasteiger partial charge on any atom is -0.379 e. The SMILES string of the molecule is CCCNC(c1cccc(CC)c1)C(CC)OC. The van der Waals surface area contributed by atoms with Gasteiger partial charge >= 0.3 is 0 Å². The van der Waals surface area contributed by atoms with Crippen LogP contribution in [-0.4, -0.2) is 19.8 Å². The maximum Gasteiger partial charge on any atom is 0.0763 e. The zero-order valence-corrected chi connectivity index (χ0v) is 12.2. The summed E-state index contributed by atoms with van der Waals surface area (Å²) in [5, 5.41) is 3.61. The summed E-state index contributed by atoms with van der Waals surface area (Å²) < 4.78 is 5.62. The summed E-state index contributed by atoms with van der Waals surface area (Å²) in [6.07, 6.45) is 3.49. The van der Waals surface area contributed by atoms with Crippen LogP contribution in [0.2, 0.25) is 0 Å². The van der Waals surface area contributed by atoms with Crippen LogP contribution in [0.15, 0.2) is 24.3 Å². The van der Waals surface area contributed by atoms with Crippen LogP contribution < -0.4 is 5.32 Å². The van der Waals surface area contributed by atoms with Crippen LogP contribution >= 0.6 is 0 Å². The van der Waals surface area contributed by atoms with Crippen molar-refractivity contribution in [2.24, 2.45) is 0 Å². The number of nitrogens with one attached hydrogen (secondary N) is 1. The maximum absolute atomic E-state index is 5.62. The van der Waals surface area contributed by atoms with Crippen molar-refractivity contribution in [2.75, 3.05) is 13.7 Å². The molecule has 0 aliphatic heterocycles. The highest BCUT2D eigenvalue weighted by atomic mass is 16.5. The van der Waals surface area contributed by atoms with Gasteiger partial charge in [-0.05, 0) is 36.9 Å². The highest BCUT2D eigenvalue weighted by Crippen LogP contribution is 2.22. The van der Waals surface area contributed by atoms with Crippen LogP contribution in [0.3, 0.4) is 0 Å². The normalized spacial score (nSPS) is 14.4. The van der Waals surface area contributed by atoms with Crippen LogP contribution in [0.1, 0.15) is 50.8 Å². The van der Waals surface area contributed by atoms with Crippen molar-refractivity contribution >= 4 is 0 Å². The topological polar surface area (TPSA) is 21.3 Å². The predicted octanol–water partition coefficient (Wildman–Crippen LogP) is 3.71. The Morgan fingerprint density at radius 2 is 2.00 bits per heavy atom. The van der Waals surface area contributed by atoms with Crippen LogP contribution in [-0.2, 0) is 11.2 Å². The fourth-order valence-corrected chi connectivity index (χ4v) is 2.31. The summed E-state index contributed by atoms with van der Waals surface area (Å²) in [5.74, 6) is 0. The van der Waals surface area contributed by atoms with E-state index in [0.717, 1.165) is 25.8 Å². The molecule has 0 aromatic heterocycles. The van der Waals surface area contributed by atoms with E-state index in [4.69, 9.17) is 4.74 Å². The Balaban J connectivity index is 2.92. The van der Waals surface area contributed by atoms with Crippen molar-refractivity contribution in [1.29, 1.82) is 0 Å². The number of hydrogen-bond acceptors (Lipinski definition) is 2. The summed E-state index contributed by atoms with van der Waals surface area (Å²) in [6, 6.07) is 9.14. The van der Waals surface area contributed by atoms with E-state index in [-0.39, 0.29) is 6.10 Å². The van der Waals surface area contributed by atoms with Crippen molar-refractivity contribution in [3.05, 3.63) is 35.4 Å². The van der Waals surface area contributed by atoms with E-state index in [1.54, 1.807) is 7.11 Å². The molecule has 2 unspecified atom stereocenters. The summed E-state index contributed by atoms with van der Waals surface area (Å²) in [4.78, 5) is 0. The highest BCUT2D eigenvalue weighted by Gasteiger charge is 2.20. The molecule has 1 N–H and O–H groups in total. The van der Waals surface area contributed by atoms with Gasteiger partial charge in [0.05, 0.1) is 12.1 Å². The highest BCUT2D eigenvalue weighted by molar-refractivity contribution is 5.27. The molecule has 2 nitrogen and oxygen atoms in total. The Morgan fingerprint density at radius 3 is 2.56 bits per heavy atom. The Hall–Kier alpha value is -0.860. The van der Waals surface area contributed by atoms with Gasteiger partial charge in [-0.1, -0.05) is 45.0 Å². The summed E-state index contributed by atoms with van der Waals surface area (Å²) in [5.41, 5.74) is 2.73. The third-order valence-electron chi connectivity index (χ3n) is 3.41. The Labute approximate surface area is 112 Å². The average molecular weight is 249 g/mol. The quantitative estimate of drug-likeness (QED) is 0.758. The van der Waals surface area contributed by atoms with E-state index in [1.807, 2.05) is 0 Å². The van der Waals surface area contributed by atoms with Crippen LogP contribution in [0.25, 0.3) is 0 Å². The zero-order valence-electron chi connectivity index (χ0n) is 12.2. The van der Waals surface area contributed by atoms with Crippen molar-refractivity contribution in [1.82, 2.24) is 5.32 Å². The first-order chi connectivity index (χ1) is 8.76. The molecule has 0 saturated heterocycles. The van der Waals surface area contributed by atoms with Gasteiger partial charge in [0, 0.05) is 7.11 Å². The maximum atomic E-state index is 5.62. The molecule has 102 valence electrons. The third kappa shape index (κ3) is 4.11. The molecular formula is C16H27NO. The van der Waals surface area contributed by atoms with Gasteiger partial charge in [-0.15, -0.1) is 0 Å². The lowest BCUT2D eigenvalue weighted by Crippen LogP contribution is -2.33. The molecule has 0 saturated carbocycles.